The Kier molecular flexibility index (Phi) is 3.79. The number of ether oxygens (including phenoxy) is 2. The largest absolute Gasteiger partial charge is 0.486 e. The second-order valence-electron chi connectivity index (χ2n) is 4.22. The van der Waals surface area contributed by atoms with Crippen molar-refractivity contribution in [3.05, 3.63) is 22.2 Å². The van der Waals surface area contributed by atoms with Gasteiger partial charge < -0.3 is 14.6 Å². The molecule has 0 aliphatic carbocycles. The first-order chi connectivity index (χ1) is 8.19. The molecule has 1 aromatic carbocycles. The molecule has 1 aromatic rings. The average molecular weight is 257 g/mol. The Morgan fingerprint density at radius 2 is 2.00 bits per heavy atom. The minimum atomic E-state index is 0.0540. The van der Waals surface area contributed by atoms with Crippen molar-refractivity contribution in [2.45, 2.75) is 26.2 Å². The van der Waals surface area contributed by atoms with Crippen molar-refractivity contribution in [2.75, 3.05) is 19.8 Å². The molecule has 0 spiro atoms. The zero-order valence-electron chi connectivity index (χ0n) is 10.1. The lowest BCUT2D eigenvalue weighted by Crippen LogP contribution is -2.18. The summed E-state index contributed by atoms with van der Waals surface area (Å²) in [6, 6.07) is 1.88. The van der Waals surface area contributed by atoms with Crippen molar-refractivity contribution in [1.82, 2.24) is 0 Å². The van der Waals surface area contributed by atoms with Gasteiger partial charge in [0.05, 0.1) is 5.02 Å². The number of aliphatic hydroxyl groups excluding tert-OH is 1. The van der Waals surface area contributed by atoms with Crippen LogP contribution in [-0.4, -0.2) is 24.9 Å². The second-order valence-corrected chi connectivity index (χ2v) is 4.63. The predicted octanol–water partition coefficient (Wildman–Crippen LogP) is 2.77. The van der Waals surface area contributed by atoms with E-state index in [2.05, 4.69) is 6.92 Å². The average Bonchev–Trinajstić information content (AvgIpc) is 2.38. The summed E-state index contributed by atoms with van der Waals surface area (Å²) in [4.78, 5) is 0. The first-order valence-electron chi connectivity index (χ1n) is 5.90. The van der Waals surface area contributed by atoms with E-state index in [0.29, 0.717) is 24.0 Å². The standard InChI is InChI=1S/C13H17ClO3/c1-3-9-10(8(2)7-15)6-11(14)13-12(9)16-4-5-17-13/h6,8,15H,3-5,7H2,1-2H3. The number of aliphatic hydroxyl groups is 1. The van der Waals surface area contributed by atoms with Gasteiger partial charge >= 0.3 is 0 Å². The molecule has 1 aliphatic heterocycles. The highest BCUT2D eigenvalue weighted by molar-refractivity contribution is 6.32. The van der Waals surface area contributed by atoms with Gasteiger partial charge in [-0.3, -0.25) is 0 Å². The Hall–Kier alpha value is -0.930. The molecule has 0 amide bonds. The van der Waals surface area contributed by atoms with Crippen molar-refractivity contribution in [2.24, 2.45) is 0 Å². The van der Waals surface area contributed by atoms with E-state index in [4.69, 9.17) is 21.1 Å². The number of halogens is 1. The fraction of sp³-hybridized carbons (Fsp3) is 0.538. The van der Waals surface area contributed by atoms with Crippen LogP contribution < -0.4 is 9.47 Å². The number of hydrogen-bond acceptors (Lipinski definition) is 3. The molecular weight excluding hydrogens is 240 g/mol. The highest BCUT2D eigenvalue weighted by atomic mass is 35.5. The molecule has 4 heteroatoms. The lowest BCUT2D eigenvalue weighted by Gasteiger charge is -2.25. The molecule has 1 heterocycles. The van der Waals surface area contributed by atoms with Gasteiger partial charge in [0.2, 0.25) is 0 Å². The molecule has 0 aromatic heterocycles. The van der Waals surface area contributed by atoms with Crippen molar-refractivity contribution in [3.63, 3.8) is 0 Å². The predicted molar refractivity (Wildman–Crippen MR) is 67.3 cm³/mol. The third-order valence-corrected chi connectivity index (χ3v) is 3.34. The summed E-state index contributed by atoms with van der Waals surface area (Å²) in [7, 11) is 0. The van der Waals surface area contributed by atoms with Gasteiger partial charge in [0.1, 0.15) is 13.2 Å². The Labute approximate surface area is 106 Å². The van der Waals surface area contributed by atoms with Crippen molar-refractivity contribution in [1.29, 1.82) is 0 Å². The van der Waals surface area contributed by atoms with Gasteiger partial charge in [0.15, 0.2) is 11.5 Å². The molecule has 2 rings (SSSR count). The molecular formula is C13H17ClO3. The van der Waals surface area contributed by atoms with Crippen LogP contribution >= 0.6 is 11.6 Å². The van der Waals surface area contributed by atoms with Crippen LogP contribution in [0.2, 0.25) is 5.02 Å². The number of rotatable bonds is 3. The molecule has 1 N–H and O–H groups in total. The number of hydrogen-bond donors (Lipinski definition) is 1. The maximum Gasteiger partial charge on any atom is 0.180 e. The Morgan fingerprint density at radius 1 is 1.35 bits per heavy atom. The molecule has 0 saturated heterocycles. The van der Waals surface area contributed by atoms with Crippen molar-refractivity contribution >= 4 is 11.6 Å². The summed E-state index contributed by atoms with van der Waals surface area (Å²) < 4.78 is 11.2. The number of fused-ring (bicyclic) bond motifs is 1. The SMILES string of the molecule is CCc1c(C(C)CO)cc(Cl)c2c1OCCO2. The van der Waals surface area contributed by atoms with Crippen LogP contribution in [0.5, 0.6) is 11.5 Å². The normalized spacial score (nSPS) is 15.8. The van der Waals surface area contributed by atoms with E-state index in [9.17, 15) is 5.11 Å². The fourth-order valence-electron chi connectivity index (χ4n) is 2.14. The lowest BCUT2D eigenvalue weighted by atomic mass is 9.93. The zero-order valence-corrected chi connectivity index (χ0v) is 10.9. The van der Waals surface area contributed by atoms with Crippen LogP contribution in [0.1, 0.15) is 30.9 Å². The lowest BCUT2D eigenvalue weighted by molar-refractivity contribution is 0.169. The second kappa shape index (κ2) is 5.15. The highest BCUT2D eigenvalue weighted by Crippen LogP contribution is 2.44. The highest BCUT2D eigenvalue weighted by Gasteiger charge is 2.23. The summed E-state index contributed by atoms with van der Waals surface area (Å²) in [5, 5.41) is 9.85. The van der Waals surface area contributed by atoms with E-state index in [0.717, 1.165) is 23.3 Å². The maximum absolute atomic E-state index is 9.29. The van der Waals surface area contributed by atoms with E-state index in [1.807, 2.05) is 13.0 Å². The smallest absolute Gasteiger partial charge is 0.180 e. The van der Waals surface area contributed by atoms with E-state index in [1.54, 1.807) is 0 Å². The summed E-state index contributed by atoms with van der Waals surface area (Å²) in [5.74, 6) is 1.45. The Balaban J connectivity index is 2.57. The molecule has 1 unspecified atom stereocenters. The van der Waals surface area contributed by atoms with E-state index in [1.165, 1.54) is 0 Å². The Bertz CT molecular complexity index is 418. The van der Waals surface area contributed by atoms with Gasteiger partial charge in [-0.15, -0.1) is 0 Å². The van der Waals surface area contributed by atoms with Crippen LogP contribution in [0.15, 0.2) is 6.07 Å². The van der Waals surface area contributed by atoms with Crippen LogP contribution in [0.3, 0.4) is 0 Å². The van der Waals surface area contributed by atoms with E-state index < -0.39 is 0 Å². The van der Waals surface area contributed by atoms with Crippen LogP contribution in [0.25, 0.3) is 0 Å². The van der Waals surface area contributed by atoms with Gasteiger partial charge in [0.25, 0.3) is 0 Å². The Morgan fingerprint density at radius 3 is 2.59 bits per heavy atom. The first-order valence-corrected chi connectivity index (χ1v) is 6.28. The van der Waals surface area contributed by atoms with Crippen molar-refractivity contribution in [3.8, 4) is 11.5 Å². The minimum Gasteiger partial charge on any atom is -0.486 e. The summed E-state index contributed by atoms with van der Waals surface area (Å²) in [5.41, 5.74) is 2.13. The van der Waals surface area contributed by atoms with E-state index in [-0.39, 0.29) is 12.5 Å². The molecule has 0 fully saturated rings. The first kappa shape index (κ1) is 12.5. The molecule has 1 atom stereocenters. The maximum atomic E-state index is 9.29. The van der Waals surface area contributed by atoms with Gasteiger partial charge in [-0.05, 0) is 18.1 Å². The van der Waals surface area contributed by atoms with Gasteiger partial charge in [-0.2, -0.15) is 0 Å². The van der Waals surface area contributed by atoms with E-state index >= 15 is 0 Å². The van der Waals surface area contributed by atoms with Gasteiger partial charge in [-0.25, -0.2) is 0 Å². The quantitative estimate of drug-likeness (QED) is 0.904. The summed E-state index contributed by atoms with van der Waals surface area (Å²) in [6.45, 7) is 5.22. The van der Waals surface area contributed by atoms with Crippen LogP contribution in [-0.2, 0) is 6.42 Å². The fourth-order valence-corrected chi connectivity index (χ4v) is 2.40. The molecule has 0 saturated carbocycles. The number of benzene rings is 1. The van der Waals surface area contributed by atoms with Crippen LogP contribution in [0.4, 0.5) is 0 Å². The van der Waals surface area contributed by atoms with Gasteiger partial charge in [0, 0.05) is 18.1 Å². The summed E-state index contributed by atoms with van der Waals surface area (Å²) in [6.07, 6.45) is 0.836. The topological polar surface area (TPSA) is 38.7 Å². The van der Waals surface area contributed by atoms with Crippen LogP contribution in [0, 0.1) is 0 Å². The molecule has 3 nitrogen and oxygen atoms in total. The molecule has 17 heavy (non-hydrogen) atoms. The third-order valence-electron chi connectivity index (χ3n) is 3.06. The third kappa shape index (κ3) is 2.22. The van der Waals surface area contributed by atoms with Crippen molar-refractivity contribution < 1.29 is 14.6 Å². The van der Waals surface area contributed by atoms with Gasteiger partial charge in [-0.1, -0.05) is 25.4 Å². The zero-order chi connectivity index (χ0) is 12.4. The minimum absolute atomic E-state index is 0.0540. The molecule has 1 aliphatic rings. The molecule has 0 bridgehead atoms. The monoisotopic (exact) mass is 256 g/mol. The molecule has 0 radical (unpaired) electrons. The summed E-state index contributed by atoms with van der Waals surface area (Å²) >= 11 is 6.19. The molecule has 94 valence electrons.